The van der Waals surface area contributed by atoms with Gasteiger partial charge >= 0.3 is 5.97 Å². The van der Waals surface area contributed by atoms with Crippen LogP contribution in [0.15, 0.2) is 18.2 Å². The minimum Gasteiger partial charge on any atom is -0.464 e. The summed E-state index contributed by atoms with van der Waals surface area (Å²) >= 11 is 5.87. The number of halogens is 2. The second kappa shape index (κ2) is 5.13. The van der Waals surface area contributed by atoms with E-state index >= 15 is 0 Å². The first kappa shape index (κ1) is 13.7. The van der Waals surface area contributed by atoms with Crippen LogP contribution in [0.3, 0.4) is 0 Å². The number of hydrogen-bond donors (Lipinski definition) is 0. The maximum absolute atomic E-state index is 13.9. The zero-order valence-corrected chi connectivity index (χ0v) is 11.6. The van der Waals surface area contributed by atoms with E-state index in [1.165, 1.54) is 13.2 Å². The summed E-state index contributed by atoms with van der Waals surface area (Å²) in [5, 5.41) is 0.923. The zero-order chi connectivity index (χ0) is 14.2. The number of carbonyl (C=O) groups is 1. The summed E-state index contributed by atoms with van der Waals surface area (Å²) in [5.41, 5.74) is 1.04. The number of methoxy groups -OCH3 is 1. The molecule has 0 aliphatic carbocycles. The highest BCUT2D eigenvalue weighted by atomic mass is 35.5. The lowest BCUT2D eigenvalue weighted by molar-refractivity contribution is 0.0594. The minimum absolute atomic E-state index is 0.0972. The summed E-state index contributed by atoms with van der Waals surface area (Å²) in [5.74, 6) is -1.03. The lowest BCUT2D eigenvalue weighted by atomic mass is 9.97. The summed E-state index contributed by atoms with van der Waals surface area (Å²) in [6, 6.07) is 4.46. The van der Waals surface area contributed by atoms with Gasteiger partial charge in [-0.15, -0.1) is 0 Å². The SMILES string of the molecule is COC(=O)c1cc(C(C)C)c2cc(Cl)cc(F)c2n1. The van der Waals surface area contributed by atoms with Crippen molar-refractivity contribution in [1.82, 2.24) is 4.98 Å². The van der Waals surface area contributed by atoms with Gasteiger partial charge in [0.1, 0.15) is 11.2 Å². The molecular formula is C14H13ClFNO2. The van der Waals surface area contributed by atoms with Crippen LogP contribution in [-0.2, 0) is 4.74 Å². The first-order chi connectivity index (χ1) is 8.93. The van der Waals surface area contributed by atoms with Crippen molar-refractivity contribution in [3.05, 3.63) is 40.3 Å². The highest BCUT2D eigenvalue weighted by molar-refractivity contribution is 6.31. The van der Waals surface area contributed by atoms with Crippen LogP contribution < -0.4 is 0 Å². The standard InChI is InChI=1S/C14H13ClFNO2/c1-7(2)9-6-12(14(18)19-3)17-13-10(9)4-8(15)5-11(13)16/h4-7H,1-3H3. The Bertz CT molecular complexity index is 655. The Kier molecular flexibility index (Phi) is 3.71. The summed E-state index contributed by atoms with van der Waals surface area (Å²) < 4.78 is 18.6. The largest absolute Gasteiger partial charge is 0.464 e. The van der Waals surface area contributed by atoms with E-state index in [1.807, 2.05) is 13.8 Å². The smallest absolute Gasteiger partial charge is 0.356 e. The molecule has 0 radical (unpaired) electrons. The molecule has 2 aromatic rings. The van der Waals surface area contributed by atoms with Crippen LogP contribution in [0.2, 0.25) is 5.02 Å². The summed E-state index contributed by atoms with van der Waals surface area (Å²) in [6.07, 6.45) is 0. The van der Waals surface area contributed by atoms with Crippen molar-refractivity contribution < 1.29 is 13.9 Å². The van der Waals surface area contributed by atoms with Gasteiger partial charge < -0.3 is 4.74 Å². The molecule has 0 saturated heterocycles. The van der Waals surface area contributed by atoms with Crippen LogP contribution in [0, 0.1) is 5.82 Å². The normalized spacial score (nSPS) is 11.1. The predicted molar refractivity (Wildman–Crippen MR) is 72.1 cm³/mol. The molecule has 0 amide bonds. The molecule has 3 nitrogen and oxygen atoms in total. The summed E-state index contributed by atoms with van der Waals surface area (Å²) in [6.45, 7) is 3.91. The van der Waals surface area contributed by atoms with Crippen LogP contribution >= 0.6 is 11.6 Å². The third-order valence-electron chi connectivity index (χ3n) is 2.88. The van der Waals surface area contributed by atoms with Crippen molar-refractivity contribution in [3.63, 3.8) is 0 Å². The molecule has 0 N–H and O–H groups in total. The maximum atomic E-state index is 13.9. The molecule has 19 heavy (non-hydrogen) atoms. The van der Waals surface area contributed by atoms with E-state index in [0.717, 1.165) is 5.56 Å². The fourth-order valence-electron chi connectivity index (χ4n) is 1.96. The van der Waals surface area contributed by atoms with Crippen LogP contribution in [-0.4, -0.2) is 18.1 Å². The van der Waals surface area contributed by atoms with Gasteiger partial charge in [0.2, 0.25) is 0 Å². The van der Waals surface area contributed by atoms with E-state index in [2.05, 4.69) is 9.72 Å². The van der Waals surface area contributed by atoms with Crippen LogP contribution in [0.4, 0.5) is 4.39 Å². The molecule has 0 atom stereocenters. The topological polar surface area (TPSA) is 39.2 Å². The quantitative estimate of drug-likeness (QED) is 0.783. The average Bonchev–Trinajstić information content (AvgIpc) is 2.36. The van der Waals surface area contributed by atoms with E-state index in [0.29, 0.717) is 10.4 Å². The fraction of sp³-hybridized carbons (Fsp3) is 0.286. The van der Waals surface area contributed by atoms with Crippen LogP contribution in [0.5, 0.6) is 0 Å². The summed E-state index contributed by atoms with van der Waals surface area (Å²) in [4.78, 5) is 15.6. The number of carbonyl (C=O) groups excluding carboxylic acids is 1. The van der Waals surface area contributed by atoms with Gasteiger partial charge in [0.15, 0.2) is 5.82 Å². The number of ether oxygens (including phenoxy) is 1. The van der Waals surface area contributed by atoms with Gasteiger partial charge in [0.25, 0.3) is 0 Å². The molecule has 0 bridgehead atoms. The number of fused-ring (bicyclic) bond motifs is 1. The van der Waals surface area contributed by atoms with Gasteiger partial charge in [-0.05, 0) is 29.7 Å². The molecule has 100 valence electrons. The van der Waals surface area contributed by atoms with Crippen molar-refractivity contribution in [2.24, 2.45) is 0 Å². The molecule has 1 aromatic carbocycles. The van der Waals surface area contributed by atoms with E-state index in [9.17, 15) is 9.18 Å². The Morgan fingerprint density at radius 3 is 2.63 bits per heavy atom. The van der Waals surface area contributed by atoms with Crippen molar-refractivity contribution in [2.75, 3.05) is 7.11 Å². The lowest BCUT2D eigenvalue weighted by Crippen LogP contribution is -2.07. The molecule has 1 heterocycles. The number of hydrogen-bond acceptors (Lipinski definition) is 3. The average molecular weight is 282 g/mol. The monoisotopic (exact) mass is 281 g/mol. The number of rotatable bonds is 2. The zero-order valence-electron chi connectivity index (χ0n) is 10.8. The Hall–Kier alpha value is -1.68. The molecule has 1 aromatic heterocycles. The Morgan fingerprint density at radius 1 is 1.37 bits per heavy atom. The van der Waals surface area contributed by atoms with E-state index < -0.39 is 11.8 Å². The van der Waals surface area contributed by atoms with Gasteiger partial charge in [-0.1, -0.05) is 25.4 Å². The first-order valence-electron chi connectivity index (χ1n) is 5.82. The van der Waals surface area contributed by atoms with Gasteiger partial charge in [-0.3, -0.25) is 0 Å². The van der Waals surface area contributed by atoms with E-state index in [1.54, 1.807) is 12.1 Å². The molecule has 0 aliphatic heterocycles. The van der Waals surface area contributed by atoms with Crippen molar-refractivity contribution in [1.29, 1.82) is 0 Å². The number of benzene rings is 1. The van der Waals surface area contributed by atoms with E-state index in [4.69, 9.17) is 11.6 Å². The molecule has 0 unspecified atom stereocenters. The van der Waals surface area contributed by atoms with Crippen molar-refractivity contribution in [3.8, 4) is 0 Å². The van der Waals surface area contributed by atoms with Crippen LogP contribution in [0.25, 0.3) is 10.9 Å². The number of esters is 1. The summed E-state index contributed by atoms with van der Waals surface area (Å²) in [7, 11) is 1.27. The highest BCUT2D eigenvalue weighted by Gasteiger charge is 2.17. The highest BCUT2D eigenvalue weighted by Crippen LogP contribution is 2.29. The van der Waals surface area contributed by atoms with Gasteiger partial charge in [-0.2, -0.15) is 0 Å². The van der Waals surface area contributed by atoms with E-state index in [-0.39, 0.29) is 17.1 Å². The Labute approximate surface area is 115 Å². The van der Waals surface area contributed by atoms with Crippen molar-refractivity contribution in [2.45, 2.75) is 19.8 Å². The molecule has 2 rings (SSSR count). The number of aromatic nitrogens is 1. The van der Waals surface area contributed by atoms with Gasteiger partial charge in [0.05, 0.1) is 7.11 Å². The van der Waals surface area contributed by atoms with Crippen molar-refractivity contribution >= 4 is 28.5 Å². The second-order valence-corrected chi connectivity index (χ2v) is 4.96. The molecule has 0 aliphatic rings. The first-order valence-corrected chi connectivity index (χ1v) is 6.20. The lowest BCUT2D eigenvalue weighted by Gasteiger charge is -2.12. The Balaban J connectivity index is 2.83. The molecule has 0 saturated carbocycles. The number of pyridine rings is 1. The number of nitrogens with zero attached hydrogens (tertiary/aromatic N) is 1. The molecular weight excluding hydrogens is 269 g/mol. The third kappa shape index (κ3) is 2.54. The second-order valence-electron chi connectivity index (χ2n) is 4.53. The fourth-order valence-corrected chi connectivity index (χ4v) is 2.17. The molecule has 0 spiro atoms. The van der Waals surface area contributed by atoms with Crippen LogP contribution in [0.1, 0.15) is 35.8 Å². The maximum Gasteiger partial charge on any atom is 0.356 e. The van der Waals surface area contributed by atoms with Gasteiger partial charge in [-0.25, -0.2) is 14.2 Å². The predicted octanol–water partition coefficient (Wildman–Crippen LogP) is 3.94. The Morgan fingerprint density at radius 2 is 2.05 bits per heavy atom. The minimum atomic E-state index is -0.585. The third-order valence-corrected chi connectivity index (χ3v) is 3.10. The molecule has 0 fully saturated rings. The molecule has 5 heteroatoms. The van der Waals surface area contributed by atoms with Gasteiger partial charge in [0, 0.05) is 10.4 Å².